The first-order valence-corrected chi connectivity index (χ1v) is 14.5. The van der Waals surface area contributed by atoms with E-state index in [9.17, 15) is 4.79 Å². The van der Waals surface area contributed by atoms with Crippen molar-refractivity contribution >= 4 is 51.9 Å². The van der Waals surface area contributed by atoms with Gasteiger partial charge in [0.05, 0.1) is 28.7 Å². The number of hydrogen-bond donors (Lipinski definition) is 3. The number of ether oxygens (including phenoxy) is 1. The molecule has 0 atom stereocenters. The summed E-state index contributed by atoms with van der Waals surface area (Å²) in [5.41, 5.74) is 12.9. The van der Waals surface area contributed by atoms with Gasteiger partial charge in [0.25, 0.3) is 0 Å². The number of rotatable bonds is 10. The Balaban J connectivity index is 0.00000205. The van der Waals surface area contributed by atoms with Crippen molar-refractivity contribution in [1.82, 2.24) is 15.2 Å². The van der Waals surface area contributed by atoms with Crippen molar-refractivity contribution in [3.05, 3.63) is 63.0 Å². The van der Waals surface area contributed by atoms with E-state index in [-0.39, 0.29) is 11.9 Å². The summed E-state index contributed by atoms with van der Waals surface area (Å²) >= 11 is 13.6. The van der Waals surface area contributed by atoms with Crippen LogP contribution in [0.1, 0.15) is 36.1 Å². The molecule has 0 aliphatic carbocycles. The number of benzene rings is 2. The lowest BCUT2D eigenvalue weighted by Crippen LogP contribution is -2.44. The van der Waals surface area contributed by atoms with Crippen LogP contribution in [0.5, 0.6) is 5.75 Å². The normalized spacial score (nSPS) is 14.2. The van der Waals surface area contributed by atoms with Crippen molar-refractivity contribution in [2.75, 3.05) is 26.7 Å². The van der Waals surface area contributed by atoms with E-state index in [1.807, 2.05) is 49.4 Å². The molecule has 1 fully saturated rings. The van der Waals surface area contributed by atoms with Gasteiger partial charge in [-0.1, -0.05) is 40.6 Å². The van der Waals surface area contributed by atoms with Crippen molar-refractivity contribution in [1.29, 1.82) is 0 Å². The molecule has 0 bridgehead atoms. The number of nitrogens with zero attached hydrogens (tertiary/aromatic N) is 3. The van der Waals surface area contributed by atoms with Crippen LogP contribution < -0.4 is 21.5 Å². The molecule has 1 aliphatic heterocycles. The molecule has 11 heteroatoms. The maximum absolute atomic E-state index is 12.4. The lowest BCUT2D eigenvalue weighted by atomic mass is 10.0. The summed E-state index contributed by atoms with van der Waals surface area (Å²) in [5, 5.41) is 4.98. The van der Waals surface area contributed by atoms with E-state index >= 15 is 0 Å². The standard InChI is InChI=1S/C27H31Cl2N5O2S.CH5N/c1-18-26(33-27(37-18)31-17-30)20-5-7-22(8-6-20)36-14-2-3-25(35)32-21-10-12-34(13-11-21)16-19-4-9-23(28)24(29)15-19;1-2/h4-9,15,17,21H,2-3,10-14,16H2,1H3,(H,32,35)(H2,30,31,33);2H2,1H3. The van der Waals surface area contributed by atoms with Gasteiger partial charge in [-0.2, -0.15) is 0 Å². The Morgan fingerprint density at radius 2 is 1.90 bits per heavy atom. The van der Waals surface area contributed by atoms with Crippen molar-refractivity contribution in [2.24, 2.45) is 16.5 Å². The highest BCUT2D eigenvalue weighted by Gasteiger charge is 2.21. The smallest absolute Gasteiger partial charge is 0.220 e. The number of hydrogen-bond acceptors (Lipinski definition) is 7. The zero-order valence-corrected chi connectivity index (χ0v) is 24.7. The summed E-state index contributed by atoms with van der Waals surface area (Å²) < 4.78 is 5.84. The molecule has 210 valence electrons. The summed E-state index contributed by atoms with van der Waals surface area (Å²) in [7, 11) is 1.50. The monoisotopic (exact) mass is 590 g/mol. The van der Waals surface area contributed by atoms with Gasteiger partial charge in [-0.05, 0) is 75.2 Å². The number of aromatic nitrogens is 1. The number of amides is 1. The molecule has 2 heterocycles. The third-order valence-electron chi connectivity index (χ3n) is 6.26. The molecule has 0 unspecified atom stereocenters. The number of piperidine rings is 1. The number of aryl methyl sites for hydroxylation is 1. The van der Waals surface area contributed by atoms with E-state index in [1.165, 1.54) is 24.7 Å². The zero-order valence-electron chi connectivity index (χ0n) is 22.3. The highest BCUT2D eigenvalue weighted by atomic mass is 35.5. The fourth-order valence-electron chi connectivity index (χ4n) is 4.33. The molecule has 0 saturated carbocycles. The van der Waals surface area contributed by atoms with Crippen LogP contribution in [-0.2, 0) is 11.3 Å². The lowest BCUT2D eigenvalue weighted by molar-refractivity contribution is -0.122. The van der Waals surface area contributed by atoms with Gasteiger partial charge < -0.3 is 21.5 Å². The molecule has 0 radical (unpaired) electrons. The topological polar surface area (TPSA) is 119 Å². The molecule has 1 aliphatic rings. The van der Waals surface area contributed by atoms with E-state index < -0.39 is 0 Å². The zero-order chi connectivity index (χ0) is 28.2. The molecule has 39 heavy (non-hydrogen) atoms. The van der Waals surface area contributed by atoms with E-state index in [1.54, 1.807) is 0 Å². The fraction of sp³-hybridized carbons (Fsp3) is 0.393. The van der Waals surface area contributed by atoms with E-state index in [0.717, 1.165) is 59.9 Å². The number of nitrogens with two attached hydrogens (primary N) is 2. The SMILES string of the molecule is CN.Cc1sc(/N=C\N)nc1-c1ccc(OCCCC(=O)NC2CCN(Cc3ccc(Cl)c(Cl)c3)CC2)cc1. The lowest BCUT2D eigenvalue weighted by Gasteiger charge is -2.32. The first kappa shape index (κ1) is 30.8. The van der Waals surface area contributed by atoms with Crippen LogP contribution in [0, 0.1) is 6.92 Å². The van der Waals surface area contributed by atoms with Gasteiger partial charge in [-0.15, -0.1) is 0 Å². The summed E-state index contributed by atoms with van der Waals surface area (Å²) in [5.74, 6) is 0.850. The second kappa shape index (κ2) is 15.8. The Labute approximate surface area is 244 Å². The third kappa shape index (κ3) is 9.47. The molecule has 1 saturated heterocycles. The maximum Gasteiger partial charge on any atom is 0.220 e. The quantitative estimate of drug-likeness (QED) is 0.161. The molecule has 1 aromatic heterocycles. The van der Waals surface area contributed by atoms with Crippen LogP contribution in [0.4, 0.5) is 5.13 Å². The van der Waals surface area contributed by atoms with Crippen molar-refractivity contribution in [3.63, 3.8) is 0 Å². The van der Waals surface area contributed by atoms with Gasteiger partial charge in [0.1, 0.15) is 5.75 Å². The van der Waals surface area contributed by atoms with Crippen LogP contribution in [-0.4, -0.2) is 54.9 Å². The Hall–Kier alpha value is -2.69. The second-order valence-electron chi connectivity index (χ2n) is 9.02. The molecule has 0 spiro atoms. The molecule has 8 nitrogen and oxygen atoms in total. The average Bonchev–Trinajstić information content (AvgIpc) is 3.31. The second-order valence-corrected chi connectivity index (χ2v) is 11.0. The molecule has 1 amide bonds. The number of aliphatic imine (C=N–C) groups is 1. The van der Waals surface area contributed by atoms with Crippen LogP contribution in [0.2, 0.25) is 10.0 Å². The molecule has 4 rings (SSSR count). The predicted molar refractivity (Wildman–Crippen MR) is 162 cm³/mol. The minimum absolute atomic E-state index is 0.0804. The summed E-state index contributed by atoms with van der Waals surface area (Å²) in [6.07, 6.45) is 4.24. The van der Waals surface area contributed by atoms with Gasteiger partial charge in [-0.25, -0.2) is 9.98 Å². The number of halogens is 2. The fourth-order valence-corrected chi connectivity index (χ4v) is 5.44. The van der Waals surface area contributed by atoms with Crippen LogP contribution in [0.3, 0.4) is 0 Å². The maximum atomic E-state index is 12.4. The highest BCUT2D eigenvalue weighted by molar-refractivity contribution is 7.15. The van der Waals surface area contributed by atoms with E-state index in [4.69, 9.17) is 33.7 Å². The number of thiazole rings is 1. The number of carbonyl (C=O) groups is 1. The number of nitrogens with one attached hydrogen (secondary N) is 1. The Kier molecular flexibility index (Phi) is 12.5. The number of carbonyl (C=O) groups excluding carboxylic acids is 1. The third-order valence-corrected chi connectivity index (χ3v) is 7.88. The first-order valence-electron chi connectivity index (χ1n) is 12.9. The average molecular weight is 592 g/mol. The largest absolute Gasteiger partial charge is 0.494 e. The van der Waals surface area contributed by atoms with Crippen molar-refractivity contribution in [3.8, 4) is 17.0 Å². The minimum atomic E-state index is 0.0804. The molecular formula is C28H36Cl2N6O2S. The molecule has 5 N–H and O–H groups in total. The van der Waals surface area contributed by atoms with Gasteiger partial charge >= 0.3 is 0 Å². The summed E-state index contributed by atoms with van der Waals surface area (Å²) in [6.45, 7) is 5.21. The van der Waals surface area contributed by atoms with Gasteiger partial charge in [-0.3, -0.25) is 9.69 Å². The highest BCUT2D eigenvalue weighted by Crippen LogP contribution is 2.32. The van der Waals surface area contributed by atoms with E-state index in [0.29, 0.717) is 34.6 Å². The Morgan fingerprint density at radius 3 is 2.56 bits per heavy atom. The van der Waals surface area contributed by atoms with Crippen molar-refractivity contribution in [2.45, 2.75) is 45.2 Å². The first-order chi connectivity index (χ1) is 18.9. The van der Waals surface area contributed by atoms with Gasteiger partial charge in [0, 0.05) is 42.5 Å². The van der Waals surface area contributed by atoms with Gasteiger partial charge in [0.15, 0.2) is 0 Å². The van der Waals surface area contributed by atoms with Crippen LogP contribution >= 0.6 is 34.5 Å². The Morgan fingerprint density at radius 1 is 1.18 bits per heavy atom. The molecule has 3 aromatic rings. The van der Waals surface area contributed by atoms with Crippen LogP contribution in [0.15, 0.2) is 47.5 Å². The molecular weight excluding hydrogens is 555 g/mol. The summed E-state index contributed by atoms with van der Waals surface area (Å²) in [6, 6.07) is 13.8. The molecule has 2 aromatic carbocycles. The van der Waals surface area contributed by atoms with Crippen LogP contribution in [0.25, 0.3) is 11.3 Å². The Bertz CT molecular complexity index is 1230. The van der Waals surface area contributed by atoms with E-state index in [2.05, 4.69) is 25.9 Å². The summed E-state index contributed by atoms with van der Waals surface area (Å²) in [4.78, 5) is 24.4. The predicted octanol–water partition coefficient (Wildman–Crippen LogP) is 5.56. The number of likely N-dealkylation sites (tertiary alicyclic amines) is 1. The van der Waals surface area contributed by atoms with Crippen molar-refractivity contribution < 1.29 is 9.53 Å². The van der Waals surface area contributed by atoms with Gasteiger partial charge in [0.2, 0.25) is 11.0 Å². The minimum Gasteiger partial charge on any atom is -0.494 e.